The monoisotopic (exact) mass is 377 g/mol. The zero-order valence-corrected chi connectivity index (χ0v) is 14.9. The summed E-state index contributed by atoms with van der Waals surface area (Å²) in [6.45, 7) is 0. The van der Waals surface area contributed by atoms with Crippen molar-refractivity contribution in [2.45, 2.75) is 0 Å². The minimum absolute atomic E-state index is 0.108. The highest BCUT2D eigenvalue weighted by Crippen LogP contribution is 2.22. The van der Waals surface area contributed by atoms with Gasteiger partial charge in [0.05, 0.1) is 4.92 Å². The molecule has 0 aliphatic heterocycles. The molecule has 0 unspecified atom stereocenters. The van der Waals surface area contributed by atoms with Crippen LogP contribution in [0.25, 0.3) is 11.1 Å². The summed E-state index contributed by atoms with van der Waals surface area (Å²) in [4.78, 5) is 22.5. The Hall–Kier alpha value is -3.58. The molecular weight excluding hydrogens is 362 g/mol. The lowest BCUT2D eigenvalue weighted by Crippen LogP contribution is -2.34. The van der Waals surface area contributed by atoms with Crippen molar-refractivity contribution in [3.05, 3.63) is 94.5 Å². The average molecular weight is 377 g/mol. The van der Waals surface area contributed by atoms with Crippen LogP contribution in [0.1, 0.15) is 10.4 Å². The minimum Gasteiger partial charge on any atom is -0.332 e. The summed E-state index contributed by atoms with van der Waals surface area (Å²) >= 11 is 5.18. The number of nitro benzene ring substituents is 1. The Bertz CT molecular complexity index is 1010. The van der Waals surface area contributed by atoms with E-state index >= 15 is 0 Å². The standard InChI is InChI=1S/C20H15N3O3S/c24-19(16-9-5-11-18(13-16)23(25)26)22-20(27)21-17-10-4-8-15(12-17)14-6-2-1-3-7-14/h1-13H,(H2,21,22,24,27). The Kier molecular flexibility index (Phi) is 5.53. The molecule has 134 valence electrons. The van der Waals surface area contributed by atoms with Crippen molar-refractivity contribution in [3.63, 3.8) is 0 Å². The first-order valence-corrected chi connectivity index (χ1v) is 8.46. The summed E-state index contributed by atoms with van der Waals surface area (Å²) in [5, 5.41) is 16.4. The number of rotatable bonds is 4. The molecule has 6 nitrogen and oxygen atoms in total. The van der Waals surface area contributed by atoms with Gasteiger partial charge >= 0.3 is 0 Å². The Morgan fingerprint density at radius 3 is 2.33 bits per heavy atom. The first kappa shape index (κ1) is 18.2. The molecule has 0 fully saturated rings. The van der Waals surface area contributed by atoms with Gasteiger partial charge in [0, 0.05) is 23.4 Å². The zero-order chi connectivity index (χ0) is 19.2. The van der Waals surface area contributed by atoms with Crippen molar-refractivity contribution in [2.75, 3.05) is 5.32 Å². The predicted molar refractivity (Wildman–Crippen MR) is 109 cm³/mol. The maximum atomic E-state index is 12.2. The van der Waals surface area contributed by atoms with Crippen molar-refractivity contribution in [3.8, 4) is 11.1 Å². The van der Waals surface area contributed by atoms with E-state index in [2.05, 4.69) is 10.6 Å². The topological polar surface area (TPSA) is 84.3 Å². The first-order valence-electron chi connectivity index (χ1n) is 8.05. The van der Waals surface area contributed by atoms with Gasteiger partial charge in [-0.1, -0.05) is 48.5 Å². The molecule has 0 aromatic heterocycles. The minimum atomic E-state index is -0.553. The number of carbonyl (C=O) groups is 1. The number of hydrogen-bond acceptors (Lipinski definition) is 4. The molecule has 0 radical (unpaired) electrons. The van der Waals surface area contributed by atoms with Gasteiger partial charge in [0.2, 0.25) is 0 Å². The number of carbonyl (C=O) groups excluding carboxylic acids is 1. The smallest absolute Gasteiger partial charge is 0.270 e. The number of non-ortho nitro benzene ring substituents is 1. The number of nitrogens with zero attached hydrogens (tertiary/aromatic N) is 1. The second-order valence-electron chi connectivity index (χ2n) is 5.66. The number of nitrogens with one attached hydrogen (secondary N) is 2. The van der Waals surface area contributed by atoms with E-state index in [4.69, 9.17) is 12.2 Å². The van der Waals surface area contributed by atoms with Gasteiger partial charge in [-0.3, -0.25) is 20.2 Å². The molecule has 0 aliphatic rings. The molecule has 0 atom stereocenters. The molecule has 0 heterocycles. The van der Waals surface area contributed by atoms with Crippen LogP contribution in [0, 0.1) is 10.1 Å². The molecule has 27 heavy (non-hydrogen) atoms. The van der Waals surface area contributed by atoms with Crippen LogP contribution < -0.4 is 10.6 Å². The van der Waals surface area contributed by atoms with Gasteiger partial charge in [0.15, 0.2) is 5.11 Å². The lowest BCUT2D eigenvalue weighted by Gasteiger charge is -2.11. The van der Waals surface area contributed by atoms with Gasteiger partial charge < -0.3 is 5.32 Å². The van der Waals surface area contributed by atoms with Crippen molar-refractivity contribution in [1.82, 2.24) is 5.32 Å². The molecule has 0 saturated heterocycles. The molecule has 3 aromatic rings. The summed E-state index contributed by atoms with van der Waals surface area (Å²) in [6.07, 6.45) is 0. The Labute approximate surface area is 161 Å². The third-order valence-electron chi connectivity index (χ3n) is 3.77. The van der Waals surface area contributed by atoms with Crippen LogP contribution in [-0.2, 0) is 0 Å². The summed E-state index contributed by atoms with van der Waals surface area (Å²) in [5.74, 6) is -0.518. The highest BCUT2D eigenvalue weighted by Gasteiger charge is 2.12. The van der Waals surface area contributed by atoms with Gasteiger partial charge in [0.1, 0.15) is 0 Å². The molecule has 3 rings (SSSR count). The van der Waals surface area contributed by atoms with Crippen LogP contribution in [0.15, 0.2) is 78.9 Å². The predicted octanol–water partition coefficient (Wildman–Crippen LogP) is 4.39. The fourth-order valence-electron chi connectivity index (χ4n) is 2.51. The number of benzene rings is 3. The quantitative estimate of drug-likeness (QED) is 0.400. The van der Waals surface area contributed by atoms with E-state index in [1.165, 1.54) is 24.3 Å². The Morgan fingerprint density at radius 1 is 0.889 bits per heavy atom. The largest absolute Gasteiger partial charge is 0.332 e. The van der Waals surface area contributed by atoms with E-state index < -0.39 is 10.8 Å². The summed E-state index contributed by atoms with van der Waals surface area (Å²) in [5.41, 5.74) is 2.80. The first-order chi connectivity index (χ1) is 13.0. The Balaban J connectivity index is 1.68. The average Bonchev–Trinajstić information content (AvgIpc) is 2.69. The number of nitro groups is 1. The maximum Gasteiger partial charge on any atom is 0.270 e. The Morgan fingerprint density at radius 2 is 1.59 bits per heavy atom. The van der Waals surface area contributed by atoms with Crippen LogP contribution in [-0.4, -0.2) is 15.9 Å². The molecule has 0 bridgehead atoms. The van der Waals surface area contributed by atoms with E-state index in [-0.39, 0.29) is 16.4 Å². The molecule has 7 heteroatoms. The van der Waals surface area contributed by atoms with Crippen molar-refractivity contribution in [2.24, 2.45) is 0 Å². The second-order valence-corrected chi connectivity index (χ2v) is 6.07. The van der Waals surface area contributed by atoms with Gasteiger partial charge in [-0.15, -0.1) is 0 Å². The fraction of sp³-hybridized carbons (Fsp3) is 0. The highest BCUT2D eigenvalue weighted by molar-refractivity contribution is 7.80. The van der Waals surface area contributed by atoms with Gasteiger partial charge in [-0.05, 0) is 41.5 Å². The second kappa shape index (κ2) is 8.20. The molecule has 1 amide bonds. The maximum absolute atomic E-state index is 12.2. The fourth-order valence-corrected chi connectivity index (χ4v) is 2.72. The number of anilines is 1. The van der Waals surface area contributed by atoms with E-state index in [1.54, 1.807) is 0 Å². The molecular formula is C20H15N3O3S. The van der Waals surface area contributed by atoms with E-state index in [0.717, 1.165) is 16.8 Å². The van der Waals surface area contributed by atoms with Crippen molar-refractivity contribution in [1.29, 1.82) is 0 Å². The summed E-state index contributed by atoms with van der Waals surface area (Å²) in [6, 6.07) is 22.9. The van der Waals surface area contributed by atoms with Crippen LogP contribution in [0.4, 0.5) is 11.4 Å². The SMILES string of the molecule is O=C(NC(=S)Nc1cccc(-c2ccccc2)c1)c1cccc([N+](=O)[O-])c1. The summed E-state index contributed by atoms with van der Waals surface area (Å²) in [7, 11) is 0. The number of thiocarbonyl (C=S) groups is 1. The summed E-state index contributed by atoms with van der Waals surface area (Å²) < 4.78 is 0. The van der Waals surface area contributed by atoms with E-state index in [1.807, 2.05) is 54.6 Å². The highest BCUT2D eigenvalue weighted by atomic mass is 32.1. The lowest BCUT2D eigenvalue weighted by atomic mass is 10.1. The normalized spacial score (nSPS) is 10.1. The van der Waals surface area contributed by atoms with Gasteiger partial charge in [0.25, 0.3) is 11.6 Å². The lowest BCUT2D eigenvalue weighted by molar-refractivity contribution is -0.384. The van der Waals surface area contributed by atoms with E-state index in [9.17, 15) is 14.9 Å². The third kappa shape index (κ3) is 4.74. The van der Waals surface area contributed by atoms with Crippen molar-refractivity contribution < 1.29 is 9.72 Å². The molecule has 0 aliphatic carbocycles. The van der Waals surface area contributed by atoms with Crippen LogP contribution >= 0.6 is 12.2 Å². The molecule has 0 saturated carbocycles. The molecule has 0 spiro atoms. The van der Waals surface area contributed by atoms with Crippen molar-refractivity contribution >= 4 is 34.6 Å². The van der Waals surface area contributed by atoms with E-state index in [0.29, 0.717) is 0 Å². The van der Waals surface area contributed by atoms with Gasteiger partial charge in [-0.2, -0.15) is 0 Å². The van der Waals surface area contributed by atoms with Crippen LogP contribution in [0.5, 0.6) is 0 Å². The zero-order valence-electron chi connectivity index (χ0n) is 14.1. The molecule has 2 N–H and O–H groups in total. The van der Waals surface area contributed by atoms with Crippen LogP contribution in [0.2, 0.25) is 0 Å². The number of hydrogen-bond donors (Lipinski definition) is 2. The third-order valence-corrected chi connectivity index (χ3v) is 3.98. The van der Waals surface area contributed by atoms with Crippen LogP contribution in [0.3, 0.4) is 0 Å². The number of amides is 1. The van der Waals surface area contributed by atoms with Gasteiger partial charge in [-0.25, -0.2) is 0 Å². The molecule has 3 aromatic carbocycles.